The Balaban J connectivity index is 1.29. The van der Waals surface area contributed by atoms with Crippen LogP contribution in [0, 0.1) is 0 Å². The van der Waals surface area contributed by atoms with Crippen LogP contribution in [0.1, 0.15) is 24.1 Å². The third-order valence-corrected chi connectivity index (χ3v) is 5.97. The van der Waals surface area contributed by atoms with Crippen LogP contribution in [0.2, 0.25) is 0 Å². The molecule has 0 aliphatic heterocycles. The van der Waals surface area contributed by atoms with Gasteiger partial charge in [0.25, 0.3) is 0 Å². The fourth-order valence-electron chi connectivity index (χ4n) is 3.40. The minimum Gasteiger partial charge on any atom is -0.497 e. The van der Waals surface area contributed by atoms with Gasteiger partial charge in [0.2, 0.25) is 5.91 Å². The number of rotatable bonds is 9. The lowest BCUT2D eigenvalue weighted by Gasteiger charge is -2.05. The van der Waals surface area contributed by atoms with Gasteiger partial charge in [-0.25, -0.2) is 4.98 Å². The third kappa shape index (κ3) is 4.89. The lowest BCUT2D eigenvalue weighted by molar-refractivity contribution is -0.121. The van der Waals surface area contributed by atoms with Gasteiger partial charge in [-0.15, -0.1) is 11.3 Å². The van der Waals surface area contributed by atoms with Gasteiger partial charge in [-0.1, -0.05) is 30.3 Å². The summed E-state index contributed by atoms with van der Waals surface area (Å²) >= 11 is 1.60. The second kappa shape index (κ2) is 9.59. The summed E-state index contributed by atoms with van der Waals surface area (Å²) < 4.78 is 7.31. The van der Waals surface area contributed by atoms with Crippen molar-refractivity contribution in [1.29, 1.82) is 0 Å². The minimum atomic E-state index is 0.0953. The number of benzene rings is 2. The van der Waals surface area contributed by atoms with Gasteiger partial charge < -0.3 is 10.1 Å². The number of carbonyl (C=O) groups is 1. The van der Waals surface area contributed by atoms with E-state index in [0.29, 0.717) is 19.4 Å². The normalized spacial score (nSPS) is 11.0. The van der Waals surface area contributed by atoms with E-state index in [4.69, 9.17) is 9.72 Å². The number of carbonyl (C=O) groups excluding carboxylic acids is 1. The highest BCUT2D eigenvalue weighted by Crippen LogP contribution is 2.25. The summed E-state index contributed by atoms with van der Waals surface area (Å²) in [5.41, 5.74) is 4.40. The zero-order valence-electron chi connectivity index (χ0n) is 17.0. The van der Waals surface area contributed by atoms with E-state index in [1.807, 2.05) is 48.7 Å². The van der Waals surface area contributed by atoms with Gasteiger partial charge in [0.15, 0.2) is 4.96 Å². The van der Waals surface area contributed by atoms with Gasteiger partial charge in [0, 0.05) is 35.8 Å². The second-order valence-corrected chi connectivity index (χ2v) is 8.01. The van der Waals surface area contributed by atoms with Crippen LogP contribution in [-0.2, 0) is 17.6 Å². The molecular formula is C24H25N3O2S. The molecule has 2 aromatic heterocycles. The van der Waals surface area contributed by atoms with Crippen molar-refractivity contribution < 1.29 is 9.53 Å². The number of nitrogens with zero attached hydrogens (tertiary/aromatic N) is 2. The Morgan fingerprint density at radius 2 is 1.90 bits per heavy atom. The average molecular weight is 420 g/mol. The van der Waals surface area contributed by atoms with E-state index in [1.165, 1.54) is 5.56 Å². The van der Waals surface area contributed by atoms with Crippen LogP contribution < -0.4 is 10.1 Å². The number of ether oxygens (including phenoxy) is 1. The molecule has 0 radical (unpaired) electrons. The fraction of sp³-hybridized carbons (Fsp3) is 0.250. The number of methoxy groups -OCH3 is 1. The molecule has 0 spiro atoms. The van der Waals surface area contributed by atoms with E-state index in [-0.39, 0.29) is 5.91 Å². The van der Waals surface area contributed by atoms with Crippen molar-refractivity contribution in [2.24, 2.45) is 0 Å². The first kappa shape index (κ1) is 20.2. The first-order valence-electron chi connectivity index (χ1n) is 10.1. The Kier molecular flexibility index (Phi) is 6.44. The summed E-state index contributed by atoms with van der Waals surface area (Å²) in [5, 5.41) is 5.12. The number of thiazole rings is 1. The highest BCUT2D eigenvalue weighted by Gasteiger charge is 2.11. The minimum absolute atomic E-state index is 0.0953. The lowest BCUT2D eigenvalue weighted by atomic mass is 10.1. The molecule has 1 amide bonds. The van der Waals surface area contributed by atoms with Gasteiger partial charge >= 0.3 is 0 Å². The van der Waals surface area contributed by atoms with Gasteiger partial charge in [0.1, 0.15) is 5.75 Å². The average Bonchev–Trinajstić information content (AvgIpc) is 3.37. The maximum Gasteiger partial charge on any atom is 0.220 e. The van der Waals surface area contributed by atoms with Crippen LogP contribution in [0.25, 0.3) is 16.2 Å². The largest absolute Gasteiger partial charge is 0.497 e. The van der Waals surface area contributed by atoms with E-state index in [1.54, 1.807) is 18.4 Å². The van der Waals surface area contributed by atoms with Crippen molar-refractivity contribution in [3.63, 3.8) is 0 Å². The number of hydrogen-bond donors (Lipinski definition) is 1. The van der Waals surface area contributed by atoms with Crippen LogP contribution in [0.3, 0.4) is 0 Å². The molecule has 5 nitrogen and oxygen atoms in total. The maximum absolute atomic E-state index is 12.2. The summed E-state index contributed by atoms with van der Waals surface area (Å²) in [4.78, 5) is 17.9. The molecular weight excluding hydrogens is 394 g/mol. The highest BCUT2D eigenvalue weighted by molar-refractivity contribution is 7.15. The molecule has 0 saturated heterocycles. The molecule has 0 fully saturated rings. The monoisotopic (exact) mass is 419 g/mol. The Bertz CT molecular complexity index is 1100. The van der Waals surface area contributed by atoms with E-state index < -0.39 is 0 Å². The van der Waals surface area contributed by atoms with Gasteiger partial charge in [-0.3, -0.25) is 9.20 Å². The van der Waals surface area contributed by atoms with E-state index in [0.717, 1.165) is 40.5 Å². The van der Waals surface area contributed by atoms with Crippen LogP contribution >= 0.6 is 11.3 Å². The van der Waals surface area contributed by atoms with Gasteiger partial charge in [-0.2, -0.15) is 0 Å². The molecule has 2 heterocycles. The molecule has 0 atom stereocenters. The molecule has 0 unspecified atom stereocenters. The predicted octanol–water partition coefficient (Wildman–Crippen LogP) is 4.75. The quantitative estimate of drug-likeness (QED) is 0.398. The summed E-state index contributed by atoms with van der Waals surface area (Å²) in [6.07, 6.45) is 5.15. The van der Waals surface area contributed by atoms with Crippen LogP contribution in [0.15, 0.2) is 66.2 Å². The molecule has 4 rings (SSSR count). The number of amides is 1. The summed E-state index contributed by atoms with van der Waals surface area (Å²) in [5.74, 6) is 0.924. The molecule has 1 N–H and O–H groups in total. The summed E-state index contributed by atoms with van der Waals surface area (Å²) in [7, 11) is 1.66. The van der Waals surface area contributed by atoms with Crippen molar-refractivity contribution >= 4 is 22.2 Å². The summed E-state index contributed by atoms with van der Waals surface area (Å²) in [6, 6.07) is 18.2. The number of imidazole rings is 1. The molecule has 0 saturated carbocycles. The number of aromatic nitrogens is 2. The first-order valence-corrected chi connectivity index (χ1v) is 11.0. The molecule has 2 aromatic carbocycles. The van der Waals surface area contributed by atoms with E-state index in [9.17, 15) is 4.79 Å². The van der Waals surface area contributed by atoms with Crippen molar-refractivity contribution in [2.45, 2.75) is 25.7 Å². The van der Waals surface area contributed by atoms with Crippen LogP contribution in [0.4, 0.5) is 0 Å². The van der Waals surface area contributed by atoms with Crippen molar-refractivity contribution in [3.05, 3.63) is 77.4 Å². The zero-order chi connectivity index (χ0) is 20.8. The number of nitrogens with one attached hydrogen (secondary N) is 1. The Morgan fingerprint density at radius 1 is 1.10 bits per heavy atom. The fourth-order valence-corrected chi connectivity index (χ4v) is 4.31. The van der Waals surface area contributed by atoms with Crippen molar-refractivity contribution in [1.82, 2.24) is 14.7 Å². The molecule has 30 heavy (non-hydrogen) atoms. The summed E-state index contributed by atoms with van der Waals surface area (Å²) in [6.45, 7) is 0.708. The second-order valence-electron chi connectivity index (χ2n) is 7.17. The SMILES string of the molecule is COc1ccc(-c2cn3c(CCC(=O)NCCCc4ccccc4)csc3n2)cc1. The van der Waals surface area contributed by atoms with Crippen molar-refractivity contribution in [3.8, 4) is 17.0 Å². The Morgan fingerprint density at radius 3 is 2.67 bits per heavy atom. The molecule has 0 aliphatic rings. The molecule has 154 valence electrons. The van der Waals surface area contributed by atoms with Crippen LogP contribution in [0.5, 0.6) is 5.75 Å². The molecule has 0 bridgehead atoms. The first-order chi connectivity index (χ1) is 14.7. The molecule has 6 heteroatoms. The smallest absolute Gasteiger partial charge is 0.220 e. The standard InChI is InChI=1S/C24H25N3O2S/c1-29-21-12-9-19(10-13-21)22-16-27-20(17-30-24(27)26-22)11-14-23(28)25-15-5-8-18-6-3-2-4-7-18/h2-4,6-7,9-10,12-13,16-17H,5,8,11,14-15H2,1H3,(H,25,28). The predicted molar refractivity (Wildman–Crippen MR) is 121 cm³/mol. The zero-order valence-corrected chi connectivity index (χ0v) is 17.8. The lowest BCUT2D eigenvalue weighted by Crippen LogP contribution is -2.25. The maximum atomic E-state index is 12.2. The Hall–Kier alpha value is -3.12. The van der Waals surface area contributed by atoms with Gasteiger partial charge in [-0.05, 0) is 49.1 Å². The van der Waals surface area contributed by atoms with Crippen molar-refractivity contribution in [2.75, 3.05) is 13.7 Å². The van der Waals surface area contributed by atoms with Crippen LogP contribution in [-0.4, -0.2) is 28.9 Å². The van der Waals surface area contributed by atoms with E-state index >= 15 is 0 Å². The number of fused-ring (bicyclic) bond motifs is 1. The topological polar surface area (TPSA) is 55.6 Å². The number of aryl methyl sites for hydroxylation is 2. The number of hydrogen-bond acceptors (Lipinski definition) is 4. The third-order valence-electron chi connectivity index (χ3n) is 5.08. The van der Waals surface area contributed by atoms with Gasteiger partial charge in [0.05, 0.1) is 12.8 Å². The Labute approximate surface area is 180 Å². The molecule has 0 aliphatic carbocycles. The highest BCUT2D eigenvalue weighted by atomic mass is 32.1. The van der Waals surface area contributed by atoms with E-state index in [2.05, 4.69) is 27.2 Å². The molecule has 4 aromatic rings.